The van der Waals surface area contributed by atoms with Crippen LogP contribution >= 0.6 is 0 Å². The normalized spacial score (nSPS) is 20.7. The van der Waals surface area contributed by atoms with Gasteiger partial charge < -0.3 is 14.4 Å². The van der Waals surface area contributed by atoms with Crippen LogP contribution in [0.1, 0.15) is 12.5 Å². The molecule has 0 aliphatic carbocycles. The van der Waals surface area contributed by atoms with Crippen molar-refractivity contribution in [2.75, 3.05) is 37.7 Å². The fraction of sp³-hybridized carbons (Fsp3) is 0.375. The van der Waals surface area contributed by atoms with Crippen molar-refractivity contribution >= 4 is 23.8 Å². The molecule has 2 saturated heterocycles. The smallest absolute Gasteiger partial charge is 0.404 e. The van der Waals surface area contributed by atoms with Gasteiger partial charge in [-0.3, -0.25) is 4.79 Å². The van der Waals surface area contributed by atoms with Crippen molar-refractivity contribution in [2.45, 2.75) is 6.92 Å². The zero-order valence-electron chi connectivity index (χ0n) is 12.4. The number of carbonyl (C=O) groups excluding carboxylic acids is 2. The van der Waals surface area contributed by atoms with E-state index in [2.05, 4.69) is 4.90 Å². The van der Waals surface area contributed by atoms with Gasteiger partial charge in [-0.2, -0.15) is 0 Å². The van der Waals surface area contributed by atoms with Crippen LogP contribution in [0.15, 0.2) is 30.0 Å². The summed E-state index contributed by atoms with van der Waals surface area (Å²) in [6.07, 6.45) is 0.989. The van der Waals surface area contributed by atoms with E-state index in [0.29, 0.717) is 6.54 Å². The molecular formula is C16H18N2O4. The fourth-order valence-corrected chi connectivity index (χ4v) is 2.53. The van der Waals surface area contributed by atoms with E-state index < -0.39 is 6.09 Å². The molecule has 6 heteroatoms. The summed E-state index contributed by atoms with van der Waals surface area (Å²) in [6.45, 7) is 5.28. The standard InChI is InChI=1S/C16H18N2O4/c1-2-18-15(19)14(22-16(18)20)11-12-3-5-13(6-4-12)17-7-9-21-10-8-17/h3-6,11H,2,7-10H2,1H3. The molecule has 3 rings (SSSR count). The maximum atomic E-state index is 12.0. The number of rotatable bonds is 3. The molecule has 0 unspecified atom stereocenters. The lowest BCUT2D eigenvalue weighted by Crippen LogP contribution is -2.36. The molecule has 2 heterocycles. The maximum absolute atomic E-state index is 12.0. The SMILES string of the molecule is CCN1C(=O)OC(=Cc2ccc(N3CCOCC3)cc2)C1=O. The summed E-state index contributed by atoms with van der Waals surface area (Å²) in [6, 6.07) is 7.81. The van der Waals surface area contributed by atoms with Crippen LogP contribution in [0.5, 0.6) is 0 Å². The number of morpholine rings is 1. The molecular weight excluding hydrogens is 284 g/mol. The van der Waals surface area contributed by atoms with Crippen molar-refractivity contribution in [3.63, 3.8) is 0 Å². The molecule has 6 nitrogen and oxygen atoms in total. The number of imide groups is 1. The van der Waals surface area contributed by atoms with E-state index >= 15 is 0 Å². The minimum absolute atomic E-state index is 0.0750. The van der Waals surface area contributed by atoms with Gasteiger partial charge in [0.25, 0.3) is 5.91 Å². The van der Waals surface area contributed by atoms with Crippen LogP contribution in [-0.4, -0.2) is 49.7 Å². The Hall–Kier alpha value is -2.34. The molecule has 0 aromatic heterocycles. The highest BCUT2D eigenvalue weighted by Gasteiger charge is 2.35. The van der Waals surface area contributed by atoms with Gasteiger partial charge in [0.15, 0.2) is 5.76 Å². The number of ether oxygens (including phenoxy) is 2. The highest BCUT2D eigenvalue weighted by molar-refractivity contribution is 6.09. The Morgan fingerprint density at radius 1 is 1.14 bits per heavy atom. The minimum atomic E-state index is -0.608. The summed E-state index contributed by atoms with van der Waals surface area (Å²) in [5.74, 6) is -0.310. The number of hydrogen-bond donors (Lipinski definition) is 0. The van der Waals surface area contributed by atoms with E-state index in [9.17, 15) is 9.59 Å². The van der Waals surface area contributed by atoms with Gasteiger partial charge in [-0.1, -0.05) is 12.1 Å². The molecule has 2 fully saturated rings. The first-order valence-corrected chi connectivity index (χ1v) is 7.37. The van der Waals surface area contributed by atoms with E-state index in [1.54, 1.807) is 13.0 Å². The van der Waals surface area contributed by atoms with Crippen LogP contribution in [0.2, 0.25) is 0 Å². The second-order valence-corrected chi connectivity index (χ2v) is 5.12. The van der Waals surface area contributed by atoms with Gasteiger partial charge in [-0.15, -0.1) is 0 Å². The van der Waals surface area contributed by atoms with E-state index in [1.165, 1.54) is 0 Å². The maximum Gasteiger partial charge on any atom is 0.422 e. The Balaban J connectivity index is 1.74. The molecule has 2 aliphatic rings. The first-order valence-electron chi connectivity index (χ1n) is 7.37. The molecule has 116 valence electrons. The van der Waals surface area contributed by atoms with E-state index in [1.807, 2.05) is 24.3 Å². The minimum Gasteiger partial charge on any atom is -0.404 e. The molecule has 22 heavy (non-hydrogen) atoms. The lowest BCUT2D eigenvalue weighted by atomic mass is 10.1. The molecule has 0 spiro atoms. The van der Waals surface area contributed by atoms with Crippen LogP contribution in [-0.2, 0) is 14.3 Å². The summed E-state index contributed by atoms with van der Waals surface area (Å²) in [4.78, 5) is 26.8. The number of amides is 2. The van der Waals surface area contributed by atoms with Crippen LogP contribution in [0.3, 0.4) is 0 Å². The van der Waals surface area contributed by atoms with Gasteiger partial charge in [-0.25, -0.2) is 9.69 Å². The zero-order valence-corrected chi connectivity index (χ0v) is 12.4. The summed E-state index contributed by atoms with van der Waals surface area (Å²) in [7, 11) is 0. The largest absolute Gasteiger partial charge is 0.422 e. The van der Waals surface area contributed by atoms with Crippen molar-refractivity contribution in [3.8, 4) is 0 Å². The third kappa shape index (κ3) is 2.82. The first-order chi connectivity index (χ1) is 10.7. The summed E-state index contributed by atoms with van der Waals surface area (Å²) >= 11 is 0. The Morgan fingerprint density at radius 2 is 1.82 bits per heavy atom. The summed E-state index contributed by atoms with van der Waals surface area (Å²) < 4.78 is 10.3. The van der Waals surface area contributed by atoms with Crippen LogP contribution in [0.4, 0.5) is 10.5 Å². The van der Waals surface area contributed by atoms with Crippen molar-refractivity contribution in [2.24, 2.45) is 0 Å². The second kappa shape index (κ2) is 6.19. The number of anilines is 1. The van der Waals surface area contributed by atoms with E-state index in [4.69, 9.17) is 9.47 Å². The van der Waals surface area contributed by atoms with Crippen molar-refractivity contribution in [1.29, 1.82) is 0 Å². The van der Waals surface area contributed by atoms with Gasteiger partial charge in [0.1, 0.15) is 0 Å². The Kier molecular flexibility index (Phi) is 4.11. The van der Waals surface area contributed by atoms with Crippen molar-refractivity contribution in [1.82, 2.24) is 4.90 Å². The number of nitrogens with zero attached hydrogens (tertiary/aromatic N) is 2. The Labute approximate surface area is 128 Å². The average molecular weight is 302 g/mol. The zero-order chi connectivity index (χ0) is 15.5. The molecule has 0 atom stereocenters. The van der Waals surface area contributed by atoms with Crippen molar-refractivity contribution in [3.05, 3.63) is 35.6 Å². The second-order valence-electron chi connectivity index (χ2n) is 5.12. The Morgan fingerprint density at radius 3 is 2.41 bits per heavy atom. The predicted octanol–water partition coefficient (Wildman–Crippen LogP) is 1.86. The average Bonchev–Trinajstić information content (AvgIpc) is 2.82. The molecule has 1 aromatic rings. The number of cyclic esters (lactones) is 1. The van der Waals surface area contributed by atoms with Crippen LogP contribution in [0, 0.1) is 0 Å². The molecule has 2 amide bonds. The lowest BCUT2D eigenvalue weighted by Gasteiger charge is -2.28. The summed E-state index contributed by atoms with van der Waals surface area (Å²) in [5.41, 5.74) is 1.95. The number of likely N-dealkylation sites (N-methyl/N-ethyl adjacent to an activating group) is 1. The monoisotopic (exact) mass is 302 g/mol. The molecule has 1 aromatic carbocycles. The van der Waals surface area contributed by atoms with Gasteiger partial charge in [-0.05, 0) is 30.7 Å². The Bertz CT molecular complexity index is 603. The number of carbonyl (C=O) groups is 2. The fourth-order valence-electron chi connectivity index (χ4n) is 2.53. The van der Waals surface area contributed by atoms with Crippen molar-refractivity contribution < 1.29 is 19.1 Å². The highest BCUT2D eigenvalue weighted by Crippen LogP contribution is 2.21. The quantitative estimate of drug-likeness (QED) is 0.798. The van der Waals surface area contributed by atoms with E-state index in [-0.39, 0.29) is 11.7 Å². The van der Waals surface area contributed by atoms with Gasteiger partial charge >= 0.3 is 6.09 Å². The molecule has 0 bridgehead atoms. The summed E-state index contributed by atoms with van der Waals surface area (Å²) in [5, 5.41) is 0. The van der Waals surface area contributed by atoms with E-state index in [0.717, 1.165) is 42.5 Å². The third-order valence-electron chi connectivity index (χ3n) is 3.76. The topological polar surface area (TPSA) is 59.1 Å². The first kappa shape index (κ1) is 14.6. The molecule has 0 N–H and O–H groups in total. The highest BCUT2D eigenvalue weighted by atomic mass is 16.6. The predicted molar refractivity (Wildman–Crippen MR) is 81.3 cm³/mol. The van der Waals surface area contributed by atoms with Gasteiger partial charge in [0, 0.05) is 25.3 Å². The van der Waals surface area contributed by atoms with Crippen LogP contribution in [0.25, 0.3) is 6.08 Å². The number of hydrogen-bond acceptors (Lipinski definition) is 5. The molecule has 2 aliphatic heterocycles. The molecule has 0 radical (unpaired) electrons. The number of benzene rings is 1. The van der Waals surface area contributed by atoms with Gasteiger partial charge in [0.2, 0.25) is 0 Å². The van der Waals surface area contributed by atoms with Crippen LogP contribution < -0.4 is 4.90 Å². The lowest BCUT2D eigenvalue weighted by molar-refractivity contribution is -0.123. The molecule has 0 saturated carbocycles. The third-order valence-corrected chi connectivity index (χ3v) is 3.76. The van der Waals surface area contributed by atoms with Gasteiger partial charge in [0.05, 0.1) is 13.2 Å².